The number of fused-ring (bicyclic) bond motifs is 1. The molecule has 2 heterocycles. The quantitative estimate of drug-likeness (QED) is 0.791. The van der Waals surface area contributed by atoms with Crippen LogP contribution in [0.3, 0.4) is 0 Å². The van der Waals surface area contributed by atoms with Gasteiger partial charge in [-0.1, -0.05) is 17.3 Å². The van der Waals surface area contributed by atoms with Crippen LogP contribution in [0.1, 0.15) is 33.7 Å². The van der Waals surface area contributed by atoms with Crippen LogP contribution < -0.4 is 4.90 Å². The number of benzene rings is 1. The second-order valence-electron chi connectivity index (χ2n) is 4.85. The van der Waals surface area contributed by atoms with Gasteiger partial charge in [-0.15, -0.1) is 5.10 Å². The summed E-state index contributed by atoms with van der Waals surface area (Å²) in [5, 5.41) is 7.88. The molecule has 1 aliphatic rings. The smallest absolute Gasteiger partial charge is 0.267 e. The first-order valence-electron chi connectivity index (χ1n) is 6.52. The molecule has 0 bridgehead atoms. The van der Waals surface area contributed by atoms with Crippen molar-refractivity contribution in [3.63, 3.8) is 0 Å². The Morgan fingerprint density at radius 1 is 1.19 bits per heavy atom. The zero-order chi connectivity index (χ0) is 15.0. The molecule has 108 valence electrons. The summed E-state index contributed by atoms with van der Waals surface area (Å²) in [6, 6.07) is 6.68. The third kappa shape index (κ3) is 2.11. The van der Waals surface area contributed by atoms with E-state index >= 15 is 0 Å². The van der Waals surface area contributed by atoms with Crippen LogP contribution >= 0.6 is 0 Å². The Morgan fingerprint density at radius 2 is 1.81 bits per heavy atom. The third-order valence-electron chi connectivity index (χ3n) is 3.38. The van der Waals surface area contributed by atoms with Crippen molar-refractivity contribution in [2.75, 3.05) is 18.6 Å². The van der Waals surface area contributed by atoms with E-state index in [2.05, 4.69) is 10.3 Å². The van der Waals surface area contributed by atoms with E-state index < -0.39 is 0 Å². The Bertz CT molecular complexity index is 675. The first kappa shape index (κ1) is 13.4. The van der Waals surface area contributed by atoms with Gasteiger partial charge in [-0.05, 0) is 19.1 Å². The van der Waals surface area contributed by atoms with Crippen molar-refractivity contribution in [1.82, 2.24) is 15.0 Å². The number of amides is 2. The largest absolute Gasteiger partial charge is 0.382 e. The van der Waals surface area contributed by atoms with Crippen molar-refractivity contribution in [3.8, 4) is 0 Å². The van der Waals surface area contributed by atoms with Crippen molar-refractivity contribution >= 4 is 17.6 Å². The highest BCUT2D eigenvalue weighted by molar-refractivity contribution is 6.34. The molecule has 0 saturated heterocycles. The Labute approximate surface area is 121 Å². The number of imide groups is 1. The van der Waals surface area contributed by atoms with Gasteiger partial charge < -0.3 is 4.74 Å². The molecule has 0 unspecified atom stereocenters. The van der Waals surface area contributed by atoms with Crippen molar-refractivity contribution in [2.45, 2.75) is 13.0 Å². The van der Waals surface area contributed by atoms with E-state index in [1.165, 1.54) is 0 Å². The van der Waals surface area contributed by atoms with Gasteiger partial charge in [-0.25, -0.2) is 9.58 Å². The summed E-state index contributed by atoms with van der Waals surface area (Å²) in [4.78, 5) is 25.7. The van der Waals surface area contributed by atoms with Gasteiger partial charge in [-0.2, -0.15) is 0 Å². The fourth-order valence-corrected chi connectivity index (χ4v) is 2.30. The third-order valence-corrected chi connectivity index (χ3v) is 3.38. The number of anilines is 1. The Kier molecular flexibility index (Phi) is 3.26. The molecule has 0 radical (unpaired) electrons. The van der Waals surface area contributed by atoms with E-state index in [1.54, 1.807) is 42.3 Å². The SMILES string of the molecule is COC[C@H](C)n1cc(N2C(=O)c3ccccc3C2=O)nn1. The Balaban J connectivity index is 1.93. The van der Waals surface area contributed by atoms with Crippen LogP contribution in [0.15, 0.2) is 30.5 Å². The zero-order valence-electron chi connectivity index (χ0n) is 11.7. The molecule has 21 heavy (non-hydrogen) atoms. The Hall–Kier alpha value is -2.54. The summed E-state index contributed by atoms with van der Waals surface area (Å²) in [5.74, 6) is -0.520. The molecule has 1 aliphatic heterocycles. The number of hydrogen-bond donors (Lipinski definition) is 0. The van der Waals surface area contributed by atoms with Crippen molar-refractivity contribution < 1.29 is 14.3 Å². The minimum atomic E-state index is -0.373. The molecule has 0 saturated carbocycles. The lowest BCUT2D eigenvalue weighted by Gasteiger charge is -2.10. The average Bonchev–Trinajstić information content (AvgIpc) is 3.05. The number of ether oxygens (including phenoxy) is 1. The van der Waals surface area contributed by atoms with Gasteiger partial charge in [0.2, 0.25) is 0 Å². The highest BCUT2D eigenvalue weighted by Gasteiger charge is 2.37. The summed E-state index contributed by atoms with van der Waals surface area (Å²) in [6.07, 6.45) is 1.57. The number of carbonyl (C=O) groups is 2. The van der Waals surface area contributed by atoms with Gasteiger partial charge >= 0.3 is 0 Å². The van der Waals surface area contributed by atoms with Crippen molar-refractivity contribution in [2.24, 2.45) is 0 Å². The molecule has 1 atom stereocenters. The standard InChI is InChI=1S/C14H14N4O3/c1-9(8-21-2)17-7-12(15-16-17)18-13(19)10-5-3-4-6-11(10)14(18)20/h3-7,9H,8H2,1-2H3/t9-/m0/s1. The van der Waals surface area contributed by atoms with E-state index in [9.17, 15) is 9.59 Å². The van der Waals surface area contributed by atoms with Crippen LogP contribution in [0.2, 0.25) is 0 Å². The molecule has 0 aliphatic carbocycles. The van der Waals surface area contributed by atoms with E-state index in [0.717, 1.165) is 4.90 Å². The molecule has 0 N–H and O–H groups in total. The lowest BCUT2D eigenvalue weighted by atomic mass is 10.1. The predicted molar refractivity (Wildman–Crippen MR) is 74.2 cm³/mol. The highest BCUT2D eigenvalue weighted by Crippen LogP contribution is 2.26. The van der Waals surface area contributed by atoms with Crippen LogP contribution in [0.4, 0.5) is 5.82 Å². The number of nitrogens with zero attached hydrogens (tertiary/aromatic N) is 4. The van der Waals surface area contributed by atoms with E-state index in [4.69, 9.17) is 4.74 Å². The van der Waals surface area contributed by atoms with Gasteiger partial charge in [0.25, 0.3) is 11.8 Å². The van der Waals surface area contributed by atoms with E-state index in [-0.39, 0.29) is 23.7 Å². The number of rotatable bonds is 4. The molecule has 0 fully saturated rings. The molecule has 2 amide bonds. The average molecular weight is 286 g/mol. The summed E-state index contributed by atoms with van der Waals surface area (Å²) in [5.41, 5.74) is 0.781. The van der Waals surface area contributed by atoms with E-state index in [1.807, 2.05) is 6.92 Å². The number of hydrogen-bond acceptors (Lipinski definition) is 5. The fraction of sp³-hybridized carbons (Fsp3) is 0.286. The first-order valence-corrected chi connectivity index (χ1v) is 6.52. The molecule has 1 aromatic carbocycles. The maximum absolute atomic E-state index is 12.3. The first-order chi connectivity index (χ1) is 10.1. The van der Waals surface area contributed by atoms with Crippen LogP contribution in [0.5, 0.6) is 0 Å². The van der Waals surface area contributed by atoms with Crippen molar-refractivity contribution in [3.05, 3.63) is 41.6 Å². The molecule has 1 aromatic heterocycles. The lowest BCUT2D eigenvalue weighted by molar-refractivity contribution is 0.0925. The lowest BCUT2D eigenvalue weighted by Crippen LogP contribution is -2.29. The molecule has 7 heteroatoms. The van der Waals surface area contributed by atoms with Gasteiger partial charge in [0.15, 0.2) is 5.82 Å². The second kappa shape index (κ2) is 5.10. The summed E-state index contributed by atoms with van der Waals surface area (Å²) < 4.78 is 6.62. The molecule has 3 rings (SSSR count). The summed E-state index contributed by atoms with van der Waals surface area (Å²) >= 11 is 0. The molecular weight excluding hydrogens is 272 g/mol. The minimum Gasteiger partial charge on any atom is -0.382 e. The van der Waals surface area contributed by atoms with Gasteiger partial charge in [-0.3, -0.25) is 9.59 Å². The fourth-order valence-electron chi connectivity index (χ4n) is 2.30. The maximum atomic E-state index is 12.3. The van der Waals surface area contributed by atoms with Gasteiger partial charge in [0.05, 0.1) is 30.0 Å². The highest BCUT2D eigenvalue weighted by atomic mass is 16.5. The van der Waals surface area contributed by atoms with Crippen LogP contribution in [-0.4, -0.2) is 40.5 Å². The normalized spacial score (nSPS) is 15.4. The monoisotopic (exact) mass is 286 g/mol. The van der Waals surface area contributed by atoms with Crippen LogP contribution in [0, 0.1) is 0 Å². The van der Waals surface area contributed by atoms with Crippen molar-refractivity contribution in [1.29, 1.82) is 0 Å². The topological polar surface area (TPSA) is 77.3 Å². The van der Waals surface area contributed by atoms with E-state index in [0.29, 0.717) is 17.7 Å². The molecule has 0 spiro atoms. The van der Waals surface area contributed by atoms with Gasteiger partial charge in [0, 0.05) is 7.11 Å². The Morgan fingerprint density at radius 3 is 2.38 bits per heavy atom. The summed E-state index contributed by atoms with van der Waals surface area (Å²) in [6.45, 7) is 2.37. The zero-order valence-corrected chi connectivity index (χ0v) is 11.7. The number of aromatic nitrogens is 3. The second-order valence-corrected chi connectivity index (χ2v) is 4.85. The molecule has 2 aromatic rings. The summed E-state index contributed by atoms with van der Waals surface area (Å²) in [7, 11) is 1.60. The molecular formula is C14H14N4O3. The van der Waals surface area contributed by atoms with Crippen LogP contribution in [-0.2, 0) is 4.74 Å². The predicted octanol–water partition coefficient (Wildman–Crippen LogP) is 1.29. The van der Waals surface area contributed by atoms with Crippen LogP contribution in [0.25, 0.3) is 0 Å². The number of carbonyl (C=O) groups excluding carboxylic acids is 2. The maximum Gasteiger partial charge on any atom is 0.267 e. The van der Waals surface area contributed by atoms with Gasteiger partial charge in [0.1, 0.15) is 0 Å². The minimum absolute atomic E-state index is 0.0357. The molecule has 7 nitrogen and oxygen atoms in total. The number of methoxy groups -OCH3 is 1.